The maximum absolute atomic E-state index is 13.2. The number of nitrogens with one attached hydrogen (secondary N) is 3. The number of rotatable bonds is 10. The topological polar surface area (TPSA) is 122 Å². The molecule has 34 heavy (non-hydrogen) atoms. The zero-order chi connectivity index (χ0) is 23.8. The first-order valence-corrected chi connectivity index (χ1v) is 11.4. The largest absolute Gasteiger partial charge is 0.364 e. The Hall–Kier alpha value is -4.31. The third-order valence-electron chi connectivity index (χ3n) is 5.08. The summed E-state index contributed by atoms with van der Waals surface area (Å²) < 4.78 is 0. The second-order valence-corrected chi connectivity index (χ2v) is 8.33. The van der Waals surface area contributed by atoms with Gasteiger partial charge >= 0.3 is 5.69 Å². The molecule has 4 rings (SSSR count). The van der Waals surface area contributed by atoms with Crippen LogP contribution in [0.2, 0.25) is 0 Å². The number of carbonyl (C=O) groups excluding carboxylic acids is 1. The number of amides is 1. The van der Waals surface area contributed by atoms with Gasteiger partial charge in [0.05, 0.1) is 10.8 Å². The summed E-state index contributed by atoms with van der Waals surface area (Å²) in [7, 11) is 0. The van der Waals surface area contributed by atoms with Crippen molar-refractivity contribution in [2.75, 3.05) is 17.3 Å². The molecule has 0 atom stereocenters. The van der Waals surface area contributed by atoms with Gasteiger partial charge in [-0.2, -0.15) is 0 Å². The first-order chi connectivity index (χ1) is 16.6. The van der Waals surface area contributed by atoms with Crippen LogP contribution in [0.15, 0.2) is 84.5 Å². The number of hydrazine groups is 1. The summed E-state index contributed by atoms with van der Waals surface area (Å²) in [6, 6.07) is 22.6. The Labute approximate surface area is 200 Å². The average Bonchev–Trinajstić information content (AvgIpc) is 3.38. The Morgan fingerprint density at radius 3 is 2.18 bits per heavy atom. The van der Waals surface area contributed by atoms with Crippen LogP contribution in [-0.4, -0.2) is 27.3 Å². The number of benzene rings is 2. The Morgan fingerprint density at radius 2 is 1.59 bits per heavy atom. The second kappa shape index (κ2) is 11.0. The number of thiophene rings is 1. The van der Waals surface area contributed by atoms with Gasteiger partial charge in [0, 0.05) is 11.4 Å². The summed E-state index contributed by atoms with van der Waals surface area (Å²) in [4.78, 5) is 33.6. The van der Waals surface area contributed by atoms with Gasteiger partial charge in [-0.05, 0) is 29.0 Å². The average molecular weight is 475 g/mol. The molecule has 0 radical (unpaired) electrons. The molecule has 9 nitrogen and oxygen atoms in total. The van der Waals surface area contributed by atoms with Crippen LogP contribution in [0.1, 0.15) is 21.9 Å². The zero-order valence-corrected chi connectivity index (χ0v) is 18.9. The lowest BCUT2D eigenvalue weighted by Crippen LogP contribution is -2.35. The van der Waals surface area contributed by atoms with Crippen LogP contribution in [0.3, 0.4) is 0 Å². The van der Waals surface area contributed by atoms with Gasteiger partial charge in [-0.15, -0.1) is 11.3 Å². The van der Waals surface area contributed by atoms with Crippen molar-refractivity contribution in [1.29, 1.82) is 0 Å². The van der Waals surface area contributed by atoms with E-state index in [9.17, 15) is 14.9 Å². The van der Waals surface area contributed by atoms with E-state index in [0.29, 0.717) is 13.0 Å². The van der Waals surface area contributed by atoms with Gasteiger partial charge in [-0.3, -0.25) is 25.8 Å². The Morgan fingerprint density at radius 1 is 0.941 bits per heavy atom. The van der Waals surface area contributed by atoms with Crippen LogP contribution < -0.4 is 16.2 Å². The molecule has 0 aliphatic carbocycles. The number of anilines is 2. The van der Waals surface area contributed by atoms with Crippen molar-refractivity contribution in [2.45, 2.75) is 12.3 Å². The molecule has 3 N–H and O–H groups in total. The molecule has 0 fully saturated rings. The third-order valence-corrected chi connectivity index (χ3v) is 6.02. The van der Waals surface area contributed by atoms with Gasteiger partial charge in [0.2, 0.25) is 17.5 Å². The minimum absolute atomic E-state index is 0.0796. The van der Waals surface area contributed by atoms with Crippen molar-refractivity contribution < 1.29 is 9.72 Å². The molecule has 2 aromatic heterocycles. The molecular weight excluding hydrogens is 452 g/mol. The van der Waals surface area contributed by atoms with Gasteiger partial charge in [0.25, 0.3) is 0 Å². The Balaban J connectivity index is 1.51. The number of hydrogen-bond donors (Lipinski definition) is 3. The zero-order valence-electron chi connectivity index (χ0n) is 18.0. The van der Waals surface area contributed by atoms with Crippen LogP contribution in [0.4, 0.5) is 17.3 Å². The summed E-state index contributed by atoms with van der Waals surface area (Å²) in [5.74, 6) is -1.01. The first kappa shape index (κ1) is 22.9. The van der Waals surface area contributed by atoms with Crippen LogP contribution >= 0.6 is 11.3 Å². The highest BCUT2D eigenvalue weighted by Crippen LogP contribution is 2.29. The maximum atomic E-state index is 13.2. The van der Waals surface area contributed by atoms with E-state index >= 15 is 0 Å². The molecule has 10 heteroatoms. The molecular formula is C24H22N6O3S. The van der Waals surface area contributed by atoms with Gasteiger partial charge in [-0.1, -0.05) is 66.7 Å². The number of nitrogens with zero attached hydrogens (tertiary/aromatic N) is 3. The van der Waals surface area contributed by atoms with Crippen molar-refractivity contribution in [2.24, 2.45) is 0 Å². The lowest BCUT2D eigenvalue weighted by molar-refractivity contribution is -0.383. The van der Waals surface area contributed by atoms with Crippen molar-refractivity contribution in [3.05, 3.63) is 111 Å². The number of hydrogen-bond acceptors (Lipinski definition) is 8. The molecule has 0 saturated carbocycles. The SMILES string of the molecule is O=C(NNc1ncnc(NCCc2cccs2)c1[N+](=O)[O-])C(c1ccccc1)c1ccccc1. The summed E-state index contributed by atoms with van der Waals surface area (Å²) in [5.41, 5.74) is 6.46. The molecule has 0 aliphatic heterocycles. The highest BCUT2D eigenvalue weighted by atomic mass is 32.1. The molecule has 4 aromatic rings. The van der Waals surface area contributed by atoms with E-state index in [0.717, 1.165) is 16.0 Å². The molecule has 1 amide bonds. The quantitative estimate of drug-likeness (QED) is 0.230. The predicted molar refractivity (Wildman–Crippen MR) is 132 cm³/mol. The predicted octanol–water partition coefficient (Wildman–Crippen LogP) is 4.38. The molecule has 0 spiro atoms. The van der Waals surface area contributed by atoms with Gasteiger partial charge in [0.15, 0.2) is 0 Å². The lowest BCUT2D eigenvalue weighted by Gasteiger charge is -2.18. The van der Waals surface area contributed by atoms with E-state index in [-0.39, 0.29) is 23.2 Å². The Kier molecular flexibility index (Phi) is 7.41. The van der Waals surface area contributed by atoms with Crippen molar-refractivity contribution in [3.8, 4) is 0 Å². The molecule has 0 saturated heterocycles. The number of aromatic nitrogens is 2. The third kappa shape index (κ3) is 5.54. The van der Waals surface area contributed by atoms with Crippen molar-refractivity contribution in [3.63, 3.8) is 0 Å². The maximum Gasteiger partial charge on any atom is 0.354 e. The van der Waals surface area contributed by atoms with E-state index < -0.39 is 10.8 Å². The molecule has 0 unspecified atom stereocenters. The normalized spacial score (nSPS) is 10.6. The van der Waals surface area contributed by atoms with E-state index in [1.165, 1.54) is 6.33 Å². The second-order valence-electron chi connectivity index (χ2n) is 7.30. The summed E-state index contributed by atoms with van der Waals surface area (Å²) >= 11 is 1.62. The number of carbonyl (C=O) groups is 1. The highest BCUT2D eigenvalue weighted by Gasteiger charge is 2.26. The minimum Gasteiger partial charge on any atom is -0.364 e. The molecule has 0 bridgehead atoms. The summed E-state index contributed by atoms with van der Waals surface area (Å²) in [6.45, 7) is 0.467. The lowest BCUT2D eigenvalue weighted by atomic mass is 9.91. The van der Waals surface area contributed by atoms with Crippen molar-refractivity contribution in [1.82, 2.24) is 15.4 Å². The van der Waals surface area contributed by atoms with Gasteiger partial charge in [-0.25, -0.2) is 9.97 Å². The molecule has 2 heterocycles. The fourth-order valence-corrected chi connectivity index (χ4v) is 4.22. The van der Waals surface area contributed by atoms with Crippen molar-refractivity contribution >= 4 is 34.6 Å². The van der Waals surface area contributed by atoms with E-state index in [1.807, 2.05) is 78.2 Å². The van der Waals surface area contributed by atoms with Crippen LogP contribution in [0.25, 0.3) is 0 Å². The minimum atomic E-state index is -0.612. The van der Waals surface area contributed by atoms with Crippen LogP contribution in [0, 0.1) is 10.1 Å². The summed E-state index contributed by atoms with van der Waals surface area (Å²) in [6.07, 6.45) is 1.91. The van der Waals surface area contributed by atoms with Gasteiger partial charge < -0.3 is 5.32 Å². The van der Waals surface area contributed by atoms with Gasteiger partial charge in [0.1, 0.15) is 6.33 Å². The number of nitro groups is 1. The van der Waals surface area contributed by atoms with E-state index in [1.54, 1.807) is 11.3 Å². The van der Waals surface area contributed by atoms with Crippen LogP contribution in [0.5, 0.6) is 0 Å². The van der Waals surface area contributed by atoms with Crippen LogP contribution in [-0.2, 0) is 11.2 Å². The monoisotopic (exact) mass is 474 g/mol. The summed E-state index contributed by atoms with van der Waals surface area (Å²) in [5, 5.41) is 16.8. The molecule has 0 aliphatic rings. The standard InChI is InChI=1S/C24H22N6O3S/c31-24(20(17-8-3-1-4-9-17)18-10-5-2-6-11-18)29-28-23-21(30(32)33)22(26-16-27-23)25-14-13-19-12-7-15-34-19/h1-12,15-16,20H,13-14H2,(H,29,31)(H2,25,26,27,28). The fourth-order valence-electron chi connectivity index (χ4n) is 3.51. The molecule has 2 aromatic carbocycles. The Bertz CT molecular complexity index is 1200. The first-order valence-electron chi connectivity index (χ1n) is 10.5. The molecule has 172 valence electrons. The fraction of sp³-hybridized carbons (Fsp3) is 0.125. The highest BCUT2D eigenvalue weighted by molar-refractivity contribution is 7.09. The van der Waals surface area contributed by atoms with E-state index in [4.69, 9.17) is 0 Å². The van der Waals surface area contributed by atoms with E-state index in [2.05, 4.69) is 26.1 Å². The smallest absolute Gasteiger partial charge is 0.354 e.